The third-order valence-corrected chi connectivity index (χ3v) is 5.52. The number of fused-ring (bicyclic) bond motifs is 2. The molecule has 1 amide bonds. The molecule has 8 nitrogen and oxygen atoms in total. The molecule has 4 heterocycles. The summed E-state index contributed by atoms with van der Waals surface area (Å²) in [5, 5.41) is 11.4. The molecule has 0 radical (unpaired) electrons. The Morgan fingerprint density at radius 2 is 1.86 bits per heavy atom. The molecule has 2 aliphatic rings. The zero-order chi connectivity index (χ0) is 19.9. The van der Waals surface area contributed by atoms with Gasteiger partial charge in [0.1, 0.15) is 11.9 Å². The summed E-state index contributed by atoms with van der Waals surface area (Å²) >= 11 is 0. The number of aliphatic hydroxyl groups is 1. The molecule has 0 aliphatic carbocycles. The summed E-state index contributed by atoms with van der Waals surface area (Å²) < 4.78 is 7.33. The van der Waals surface area contributed by atoms with Crippen molar-refractivity contribution in [2.75, 3.05) is 0 Å². The fraction of sp³-hybridized carbons (Fsp3) is 0.600. The monoisotopic (exact) mass is 385 g/mol. The van der Waals surface area contributed by atoms with Crippen LogP contribution in [0.5, 0.6) is 0 Å². The van der Waals surface area contributed by atoms with Crippen LogP contribution in [0.2, 0.25) is 0 Å². The molecule has 2 aromatic heterocycles. The van der Waals surface area contributed by atoms with Crippen molar-refractivity contribution in [1.29, 1.82) is 0 Å². The van der Waals surface area contributed by atoms with E-state index in [4.69, 9.17) is 4.74 Å². The molecular weight excluding hydrogens is 358 g/mol. The van der Waals surface area contributed by atoms with Gasteiger partial charge in [0.15, 0.2) is 0 Å². The van der Waals surface area contributed by atoms with E-state index in [9.17, 15) is 9.90 Å². The summed E-state index contributed by atoms with van der Waals surface area (Å²) in [7, 11) is 0. The minimum absolute atomic E-state index is 0.0410. The van der Waals surface area contributed by atoms with Crippen LogP contribution in [0.25, 0.3) is 5.95 Å². The predicted octanol–water partition coefficient (Wildman–Crippen LogP) is 2.80. The molecule has 2 fully saturated rings. The molecule has 150 valence electrons. The Hall–Kier alpha value is -2.48. The average molecular weight is 385 g/mol. The van der Waals surface area contributed by atoms with Crippen LogP contribution in [0.3, 0.4) is 0 Å². The number of amides is 1. The van der Waals surface area contributed by atoms with E-state index in [2.05, 4.69) is 15.0 Å². The highest BCUT2D eigenvalue weighted by molar-refractivity contribution is 5.69. The van der Waals surface area contributed by atoms with Crippen molar-refractivity contribution in [1.82, 2.24) is 24.4 Å². The highest BCUT2D eigenvalue weighted by atomic mass is 16.6. The van der Waals surface area contributed by atoms with Gasteiger partial charge in [0.2, 0.25) is 5.95 Å². The lowest BCUT2D eigenvalue weighted by Gasteiger charge is -2.51. The Bertz CT molecular complexity index is 815. The Morgan fingerprint density at radius 1 is 1.21 bits per heavy atom. The van der Waals surface area contributed by atoms with Gasteiger partial charge in [0.25, 0.3) is 0 Å². The summed E-state index contributed by atoms with van der Waals surface area (Å²) in [4.78, 5) is 27.4. The molecule has 0 spiro atoms. The summed E-state index contributed by atoms with van der Waals surface area (Å²) in [6, 6.07) is -0.0821. The number of piperidine rings is 2. The first-order chi connectivity index (χ1) is 13.3. The number of nitrogens with zero attached hydrogens (tertiary/aromatic N) is 5. The highest BCUT2D eigenvalue weighted by Gasteiger charge is 2.49. The molecule has 0 saturated carbocycles. The minimum atomic E-state index is -1.04. The lowest BCUT2D eigenvalue weighted by atomic mass is 9.73. The Morgan fingerprint density at radius 3 is 2.39 bits per heavy atom. The Kier molecular flexibility index (Phi) is 4.61. The van der Waals surface area contributed by atoms with Gasteiger partial charge in [-0.1, -0.05) is 0 Å². The highest BCUT2D eigenvalue weighted by Crippen LogP contribution is 2.44. The quantitative estimate of drug-likeness (QED) is 0.854. The average Bonchev–Trinajstić information content (AvgIpc) is 3.14. The molecule has 2 atom stereocenters. The van der Waals surface area contributed by atoms with Crippen LogP contribution in [-0.2, 0) is 10.3 Å². The van der Waals surface area contributed by atoms with Crippen molar-refractivity contribution < 1.29 is 14.6 Å². The number of imidazole rings is 1. The van der Waals surface area contributed by atoms with E-state index >= 15 is 0 Å². The van der Waals surface area contributed by atoms with Crippen LogP contribution in [-0.4, -0.2) is 53.3 Å². The van der Waals surface area contributed by atoms with Gasteiger partial charge in [0.05, 0.1) is 5.60 Å². The number of ether oxygens (including phenoxy) is 1. The minimum Gasteiger partial charge on any atom is -0.444 e. The van der Waals surface area contributed by atoms with Crippen molar-refractivity contribution in [3.63, 3.8) is 0 Å². The smallest absolute Gasteiger partial charge is 0.410 e. The number of carbonyl (C=O) groups excluding carboxylic acids is 1. The first-order valence-corrected chi connectivity index (χ1v) is 9.80. The molecule has 28 heavy (non-hydrogen) atoms. The molecule has 0 aromatic carbocycles. The SMILES string of the molecule is CC(C)(C)OC(=O)N1C2CCCC1CC(O)(c1cnc(-n3ccnc3)nc1)C2. The summed E-state index contributed by atoms with van der Waals surface area (Å²) in [5.41, 5.74) is -0.880. The Labute approximate surface area is 164 Å². The third-order valence-electron chi connectivity index (χ3n) is 5.52. The largest absolute Gasteiger partial charge is 0.444 e. The molecule has 4 rings (SSSR count). The molecule has 8 heteroatoms. The lowest BCUT2D eigenvalue weighted by molar-refractivity contribution is -0.0967. The molecule has 2 aromatic rings. The molecule has 1 N–H and O–H groups in total. The fourth-order valence-electron chi connectivity index (χ4n) is 4.35. The first-order valence-electron chi connectivity index (χ1n) is 9.80. The zero-order valence-corrected chi connectivity index (χ0v) is 16.6. The van der Waals surface area contributed by atoms with Crippen LogP contribution >= 0.6 is 0 Å². The normalized spacial score (nSPS) is 27.5. The maximum Gasteiger partial charge on any atom is 0.410 e. The zero-order valence-electron chi connectivity index (χ0n) is 16.6. The number of hydrogen-bond donors (Lipinski definition) is 1. The maximum atomic E-state index is 12.7. The van der Waals surface area contributed by atoms with Crippen molar-refractivity contribution >= 4 is 6.09 Å². The van der Waals surface area contributed by atoms with E-state index in [0.29, 0.717) is 24.4 Å². The van der Waals surface area contributed by atoms with Crippen LogP contribution < -0.4 is 0 Å². The number of aromatic nitrogens is 4. The van der Waals surface area contributed by atoms with Gasteiger partial charge in [-0.3, -0.25) is 4.57 Å². The summed E-state index contributed by atoms with van der Waals surface area (Å²) in [6.45, 7) is 5.63. The topological polar surface area (TPSA) is 93.4 Å². The van der Waals surface area contributed by atoms with Crippen molar-refractivity contribution in [2.45, 2.75) is 76.2 Å². The summed E-state index contributed by atoms with van der Waals surface area (Å²) in [5.74, 6) is 0.510. The number of hydrogen-bond acceptors (Lipinski definition) is 6. The number of carbonyl (C=O) groups is 1. The first kappa shape index (κ1) is 18.9. The molecule has 2 bridgehead atoms. The molecule has 2 unspecified atom stereocenters. The third kappa shape index (κ3) is 3.61. The van der Waals surface area contributed by atoms with E-state index in [1.807, 2.05) is 25.7 Å². The van der Waals surface area contributed by atoms with E-state index in [0.717, 1.165) is 19.3 Å². The molecule has 2 aliphatic heterocycles. The Balaban J connectivity index is 1.55. The standard InChI is InChI=1S/C20H27N5O3/c1-19(2,3)28-18(26)25-15-5-4-6-16(25)10-20(27,9-15)14-11-22-17(23-12-14)24-8-7-21-13-24/h7-8,11-13,15-16,27H,4-6,9-10H2,1-3H3. The van der Waals surface area contributed by atoms with Crippen molar-refractivity contribution in [2.24, 2.45) is 0 Å². The molecule has 2 saturated heterocycles. The fourth-order valence-corrected chi connectivity index (χ4v) is 4.35. The van der Waals surface area contributed by atoms with Gasteiger partial charge in [-0.05, 0) is 40.0 Å². The van der Waals surface area contributed by atoms with E-state index < -0.39 is 11.2 Å². The van der Waals surface area contributed by atoms with E-state index in [1.165, 1.54) is 0 Å². The van der Waals surface area contributed by atoms with Gasteiger partial charge in [0, 0.05) is 55.3 Å². The number of rotatable bonds is 2. The second-order valence-electron chi connectivity index (χ2n) is 8.81. The van der Waals surface area contributed by atoms with Crippen molar-refractivity contribution in [3.8, 4) is 5.95 Å². The summed E-state index contributed by atoms with van der Waals surface area (Å²) in [6.07, 6.45) is 11.9. The molecular formula is C20H27N5O3. The van der Waals surface area contributed by atoms with Gasteiger partial charge < -0.3 is 14.7 Å². The maximum absolute atomic E-state index is 12.7. The van der Waals surface area contributed by atoms with Crippen LogP contribution in [0.15, 0.2) is 31.1 Å². The van der Waals surface area contributed by atoms with Gasteiger partial charge in [-0.25, -0.2) is 19.7 Å². The van der Waals surface area contributed by atoms with E-state index in [-0.39, 0.29) is 18.2 Å². The lowest BCUT2D eigenvalue weighted by Crippen LogP contribution is -2.59. The van der Waals surface area contributed by atoms with Gasteiger partial charge in [-0.15, -0.1) is 0 Å². The van der Waals surface area contributed by atoms with Crippen molar-refractivity contribution in [3.05, 3.63) is 36.7 Å². The van der Waals surface area contributed by atoms with Gasteiger partial charge in [-0.2, -0.15) is 0 Å². The predicted molar refractivity (Wildman–Crippen MR) is 102 cm³/mol. The van der Waals surface area contributed by atoms with E-state index in [1.54, 1.807) is 35.7 Å². The van der Waals surface area contributed by atoms with Crippen LogP contribution in [0.1, 0.15) is 58.4 Å². The van der Waals surface area contributed by atoms with Crippen LogP contribution in [0.4, 0.5) is 4.79 Å². The van der Waals surface area contributed by atoms with Gasteiger partial charge >= 0.3 is 6.09 Å². The second-order valence-corrected chi connectivity index (χ2v) is 8.81. The second kappa shape index (κ2) is 6.84. The van der Waals surface area contributed by atoms with Crippen LogP contribution in [0, 0.1) is 0 Å².